The number of aryl methyl sites for hydroxylation is 1. The fourth-order valence-electron chi connectivity index (χ4n) is 1.98. The Morgan fingerprint density at radius 2 is 2.24 bits per heavy atom. The zero-order chi connectivity index (χ0) is 14.7. The van der Waals surface area contributed by atoms with Crippen LogP contribution in [0.5, 0.6) is 0 Å². The van der Waals surface area contributed by atoms with Gasteiger partial charge in [-0.3, -0.25) is 4.79 Å². The van der Waals surface area contributed by atoms with Crippen LogP contribution in [0.15, 0.2) is 24.7 Å². The van der Waals surface area contributed by atoms with Crippen LogP contribution in [0.3, 0.4) is 0 Å². The molecule has 0 unspecified atom stereocenters. The number of anilines is 1. The summed E-state index contributed by atoms with van der Waals surface area (Å²) in [6.45, 7) is 3.15. The number of carbonyl (C=O) groups excluding carboxylic acids is 1. The molecule has 1 aliphatic rings. The molecule has 110 valence electrons. The number of nitrogens with zero attached hydrogens (tertiary/aromatic N) is 4. The highest BCUT2D eigenvalue weighted by molar-refractivity contribution is 5.80. The van der Waals surface area contributed by atoms with Gasteiger partial charge < -0.3 is 10.6 Å². The van der Waals surface area contributed by atoms with E-state index >= 15 is 0 Å². The molecule has 1 saturated carbocycles. The molecule has 2 aromatic rings. The fourth-order valence-corrected chi connectivity index (χ4v) is 1.98. The molecule has 0 spiro atoms. The molecule has 0 aromatic carbocycles. The summed E-state index contributed by atoms with van der Waals surface area (Å²) in [7, 11) is 0. The SMILES string of the molecule is Cc1ccn(-c2cc(NCCNC(=O)C3CC3)ncn2)n1. The van der Waals surface area contributed by atoms with Crippen LogP contribution in [0.4, 0.5) is 5.82 Å². The Kier molecular flexibility index (Phi) is 3.81. The molecular formula is C14H18N6O. The van der Waals surface area contributed by atoms with Crippen LogP contribution in [0.2, 0.25) is 0 Å². The van der Waals surface area contributed by atoms with Gasteiger partial charge in [-0.15, -0.1) is 0 Å². The highest BCUT2D eigenvalue weighted by Gasteiger charge is 2.28. The van der Waals surface area contributed by atoms with Crippen LogP contribution in [-0.4, -0.2) is 38.7 Å². The number of nitrogens with one attached hydrogen (secondary N) is 2. The maximum Gasteiger partial charge on any atom is 0.223 e. The van der Waals surface area contributed by atoms with Crippen molar-refractivity contribution in [3.63, 3.8) is 0 Å². The van der Waals surface area contributed by atoms with Gasteiger partial charge in [-0.05, 0) is 25.8 Å². The van der Waals surface area contributed by atoms with E-state index in [2.05, 4.69) is 25.7 Å². The molecule has 2 N–H and O–H groups in total. The monoisotopic (exact) mass is 286 g/mol. The summed E-state index contributed by atoms with van der Waals surface area (Å²) in [6.07, 6.45) is 5.41. The van der Waals surface area contributed by atoms with Crippen molar-refractivity contribution in [1.82, 2.24) is 25.1 Å². The molecule has 3 rings (SSSR count). The lowest BCUT2D eigenvalue weighted by Crippen LogP contribution is -2.29. The van der Waals surface area contributed by atoms with Crippen molar-refractivity contribution < 1.29 is 4.79 Å². The fraction of sp³-hybridized carbons (Fsp3) is 0.429. The first kappa shape index (κ1) is 13.5. The Balaban J connectivity index is 1.52. The summed E-state index contributed by atoms with van der Waals surface area (Å²) in [5, 5.41) is 10.4. The van der Waals surface area contributed by atoms with Crippen LogP contribution in [-0.2, 0) is 4.79 Å². The second kappa shape index (κ2) is 5.90. The van der Waals surface area contributed by atoms with Gasteiger partial charge >= 0.3 is 0 Å². The van der Waals surface area contributed by atoms with Crippen LogP contribution in [0, 0.1) is 12.8 Å². The van der Waals surface area contributed by atoms with Gasteiger partial charge in [-0.25, -0.2) is 14.6 Å². The van der Waals surface area contributed by atoms with Gasteiger partial charge in [0.25, 0.3) is 0 Å². The maximum absolute atomic E-state index is 11.5. The zero-order valence-corrected chi connectivity index (χ0v) is 11.9. The smallest absolute Gasteiger partial charge is 0.223 e. The quantitative estimate of drug-likeness (QED) is 0.771. The average Bonchev–Trinajstić information content (AvgIpc) is 3.26. The number of rotatable bonds is 6. The van der Waals surface area contributed by atoms with E-state index in [1.807, 2.05) is 25.3 Å². The van der Waals surface area contributed by atoms with Gasteiger partial charge in [-0.1, -0.05) is 0 Å². The van der Waals surface area contributed by atoms with Crippen LogP contribution >= 0.6 is 0 Å². The van der Waals surface area contributed by atoms with Gasteiger partial charge in [0.15, 0.2) is 5.82 Å². The first-order chi connectivity index (χ1) is 10.2. The molecule has 0 aliphatic heterocycles. The number of carbonyl (C=O) groups is 1. The number of amides is 1. The molecule has 1 fully saturated rings. The molecule has 7 nitrogen and oxygen atoms in total. The summed E-state index contributed by atoms with van der Waals surface area (Å²) >= 11 is 0. The predicted molar refractivity (Wildman–Crippen MR) is 78.1 cm³/mol. The lowest BCUT2D eigenvalue weighted by Gasteiger charge is -2.08. The maximum atomic E-state index is 11.5. The number of aromatic nitrogens is 4. The molecule has 7 heteroatoms. The Bertz CT molecular complexity index is 634. The summed E-state index contributed by atoms with van der Waals surface area (Å²) in [5.74, 6) is 1.84. The molecule has 1 amide bonds. The van der Waals surface area contributed by atoms with Gasteiger partial charge in [0.2, 0.25) is 5.91 Å². The zero-order valence-electron chi connectivity index (χ0n) is 11.9. The van der Waals surface area contributed by atoms with Crippen molar-refractivity contribution >= 4 is 11.7 Å². The van der Waals surface area contributed by atoms with E-state index < -0.39 is 0 Å². The number of hydrogen-bond acceptors (Lipinski definition) is 5. The Hall–Kier alpha value is -2.44. The third-order valence-corrected chi connectivity index (χ3v) is 3.29. The minimum Gasteiger partial charge on any atom is -0.368 e. The third-order valence-electron chi connectivity index (χ3n) is 3.29. The first-order valence-corrected chi connectivity index (χ1v) is 7.08. The normalized spacial score (nSPS) is 14.0. The second-order valence-corrected chi connectivity index (χ2v) is 5.16. The average molecular weight is 286 g/mol. The summed E-state index contributed by atoms with van der Waals surface area (Å²) in [4.78, 5) is 19.8. The lowest BCUT2D eigenvalue weighted by atomic mass is 10.4. The van der Waals surface area contributed by atoms with Gasteiger partial charge in [-0.2, -0.15) is 5.10 Å². The Morgan fingerprint density at radius 3 is 2.95 bits per heavy atom. The Labute approximate surface area is 122 Å². The minimum atomic E-state index is 0.159. The molecule has 0 radical (unpaired) electrons. The topological polar surface area (TPSA) is 84.7 Å². The highest BCUT2D eigenvalue weighted by Crippen LogP contribution is 2.28. The second-order valence-electron chi connectivity index (χ2n) is 5.16. The summed E-state index contributed by atoms with van der Waals surface area (Å²) in [6, 6.07) is 3.75. The molecule has 2 heterocycles. The van der Waals surface area contributed by atoms with Crippen molar-refractivity contribution in [3.05, 3.63) is 30.4 Å². The third kappa shape index (κ3) is 3.56. The molecule has 2 aromatic heterocycles. The van der Waals surface area contributed by atoms with Crippen molar-refractivity contribution in [2.75, 3.05) is 18.4 Å². The minimum absolute atomic E-state index is 0.159. The van der Waals surface area contributed by atoms with Crippen molar-refractivity contribution in [2.45, 2.75) is 19.8 Å². The first-order valence-electron chi connectivity index (χ1n) is 7.08. The van der Waals surface area contributed by atoms with E-state index in [0.29, 0.717) is 24.7 Å². The molecule has 1 aliphatic carbocycles. The van der Waals surface area contributed by atoms with Crippen molar-refractivity contribution in [1.29, 1.82) is 0 Å². The molecule has 0 bridgehead atoms. The van der Waals surface area contributed by atoms with Gasteiger partial charge in [0, 0.05) is 31.3 Å². The predicted octanol–water partition coefficient (Wildman–Crippen LogP) is 0.909. The summed E-state index contributed by atoms with van der Waals surface area (Å²) in [5.41, 5.74) is 0.936. The molecule has 0 saturated heterocycles. The standard InChI is InChI=1S/C14H18N6O/c1-10-4-7-20(19-10)13-8-12(17-9-18-13)15-5-6-16-14(21)11-2-3-11/h4,7-9,11H,2-3,5-6H2,1H3,(H,16,21)(H,15,17,18). The molecule has 0 atom stereocenters. The number of hydrogen-bond donors (Lipinski definition) is 2. The van der Waals surface area contributed by atoms with Crippen LogP contribution in [0.25, 0.3) is 5.82 Å². The lowest BCUT2D eigenvalue weighted by molar-refractivity contribution is -0.122. The van der Waals surface area contributed by atoms with Crippen molar-refractivity contribution in [2.24, 2.45) is 5.92 Å². The van der Waals surface area contributed by atoms with E-state index in [1.165, 1.54) is 6.33 Å². The van der Waals surface area contributed by atoms with Crippen LogP contribution < -0.4 is 10.6 Å². The molecular weight excluding hydrogens is 268 g/mol. The van der Waals surface area contributed by atoms with Gasteiger partial charge in [0.1, 0.15) is 12.1 Å². The molecule has 21 heavy (non-hydrogen) atoms. The van der Waals surface area contributed by atoms with E-state index in [4.69, 9.17) is 0 Å². The van der Waals surface area contributed by atoms with E-state index in [1.54, 1.807) is 4.68 Å². The van der Waals surface area contributed by atoms with E-state index in [9.17, 15) is 4.79 Å². The summed E-state index contributed by atoms with van der Waals surface area (Å²) < 4.78 is 1.71. The van der Waals surface area contributed by atoms with E-state index in [0.717, 1.165) is 18.5 Å². The van der Waals surface area contributed by atoms with Crippen LogP contribution in [0.1, 0.15) is 18.5 Å². The van der Waals surface area contributed by atoms with E-state index in [-0.39, 0.29) is 11.8 Å². The highest BCUT2D eigenvalue weighted by atomic mass is 16.2. The van der Waals surface area contributed by atoms with Gasteiger partial charge in [0.05, 0.1) is 5.69 Å². The largest absolute Gasteiger partial charge is 0.368 e. The Morgan fingerprint density at radius 1 is 1.38 bits per heavy atom. The van der Waals surface area contributed by atoms with Crippen molar-refractivity contribution in [3.8, 4) is 5.82 Å².